The average molecular weight is 406 g/mol. The van der Waals surface area contributed by atoms with Crippen molar-refractivity contribution in [3.05, 3.63) is 83.9 Å². The van der Waals surface area contributed by atoms with Gasteiger partial charge >= 0.3 is 0 Å². The molecule has 29 heavy (non-hydrogen) atoms. The van der Waals surface area contributed by atoms with Crippen LogP contribution in [0.25, 0.3) is 10.6 Å². The van der Waals surface area contributed by atoms with Crippen LogP contribution in [0.4, 0.5) is 0 Å². The number of nitrogens with zero attached hydrogens (tertiary/aromatic N) is 1. The minimum Gasteiger partial charge on any atom is -0.306 e. The van der Waals surface area contributed by atoms with Gasteiger partial charge in [-0.1, -0.05) is 80.6 Å². The monoisotopic (exact) mass is 405 g/mol. The van der Waals surface area contributed by atoms with Crippen LogP contribution in [0, 0.1) is 5.41 Å². The Labute approximate surface area is 179 Å². The van der Waals surface area contributed by atoms with Gasteiger partial charge in [-0.15, -0.1) is 11.8 Å². The van der Waals surface area contributed by atoms with Crippen molar-refractivity contribution in [1.29, 1.82) is 0 Å². The fourth-order valence-electron chi connectivity index (χ4n) is 3.83. The molecular formula is C26H31NOS. The highest BCUT2D eigenvalue weighted by atomic mass is 32.2. The highest BCUT2D eigenvalue weighted by molar-refractivity contribution is 8.08. The predicted molar refractivity (Wildman–Crippen MR) is 126 cm³/mol. The van der Waals surface area contributed by atoms with Crippen LogP contribution >= 0.6 is 11.8 Å². The van der Waals surface area contributed by atoms with Gasteiger partial charge < -0.3 is 4.90 Å². The maximum atomic E-state index is 13.9. The minimum atomic E-state index is -0.633. The van der Waals surface area contributed by atoms with Gasteiger partial charge in [-0.3, -0.25) is 4.79 Å². The molecule has 1 aliphatic heterocycles. The molecule has 0 saturated carbocycles. The van der Waals surface area contributed by atoms with Crippen molar-refractivity contribution >= 4 is 28.3 Å². The largest absolute Gasteiger partial charge is 0.306 e. The molecular weight excluding hydrogens is 374 g/mol. The Balaban J connectivity index is 2.18. The van der Waals surface area contributed by atoms with E-state index in [9.17, 15) is 4.79 Å². The summed E-state index contributed by atoms with van der Waals surface area (Å²) >= 11 is 1.80. The van der Waals surface area contributed by atoms with Crippen LogP contribution in [0.1, 0.15) is 52.2 Å². The van der Waals surface area contributed by atoms with Crippen molar-refractivity contribution in [2.75, 3.05) is 5.75 Å². The number of benzene rings is 2. The molecule has 152 valence electrons. The zero-order valence-electron chi connectivity index (χ0n) is 18.1. The summed E-state index contributed by atoms with van der Waals surface area (Å²) in [7, 11) is 0. The second-order valence-corrected chi connectivity index (χ2v) is 9.71. The fraction of sp³-hybridized carbons (Fsp3) is 0.346. The van der Waals surface area contributed by atoms with E-state index in [1.54, 1.807) is 11.8 Å². The summed E-state index contributed by atoms with van der Waals surface area (Å²) in [4.78, 5) is 17.0. The molecule has 1 atom stereocenters. The number of thioether (sulfide) groups is 1. The van der Waals surface area contributed by atoms with E-state index in [4.69, 9.17) is 0 Å². The standard InChI is InChI=1S/C26H31NOS/c1-6-26(19-23(29-7-2)21-16-12-9-13-17-21)18-22(20-14-10-8-11-15-20)27(24(26)28)25(3,4)5/h8-19H,6-7H2,1-5H3/b23-19-. The zero-order valence-corrected chi connectivity index (χ0v) is 18.9. The summed E-state index contributed by atoms with van der Waals surface area (Å²) in [6.45, 7) is 10.6. The van der Waals surface area contributed by atoms with E-state index in [1.807, 2.05) is 29.2 Å². The Morgan fingerprint density at radius 3 is 2.10 bits per heavy atom. The summed E-state index contributed by atoms with van der Waals surface area (Å²) in [5, 5.41) is 0. The molecule has 0 spiro atoms. The van der Waals surface area contributed by atoms with Crippen molar-refractivity contribution in [2.24, 2.45) is 5.41 Å². The fourth-order valence-corrected chi connectivity index (χ4v) is 4.74. The number of carbonyl (C=O) groups is 1. The summed E-state index contributed by atoms with van der Waals surface area (Å²) in [6.07, 6.45) is 5.12. The van der Waals surface area contributed by atoms with E-state index < -0.39 is 5.41 Å². The lowest BCUT2D eigenvalue weighted by molar-refractivity contribution is -0.135. The highest BCUT2D eigenvalue weighted by Gasteiger charge is 2.47. The van der Waals surface area contributed by atoms with Crippen LogP contribution in [0.5, 0.6) is 0 Å². The molecule has 0 saturated heterocycles. The molecule has 0 aromatic heterocycles. The van der Waals surface area contributed by atoms with Crippen molar-refractivity contribution in [2.45, 2.75) is 46.6 Å². The predicted octanol–water partition coefficient (Wildman–Crippen LogP) is 6.86. The Morgan fingerprint density at radius 2 is 1.59 bits per heavy atom. The van der Waals surface area contributed by atoms with E-state index in [1.165, 1.54) is 10.5 Å². The lowest BCUT2D eigenvalue weighted by Crippen LogP contribution is -2.45. The van der Waals surface area contributed by atoms with Crippen LogP contribution in [0.15, 0.2) is 72.8 Å². The van der Waals surface area contributed by atoms with Crippen molar-refractivity contribution in [1.82, 2.24) is 4.90 Å². The first kappa shape index (κ1) is 21.4. The van der Waals surface area contributed by atoms with Gasteiger partial charge in [-0.05, 0) is 50.1 Å². The molecule has 2 aromatic carbocycles. The normalized spacial score (nSPS) is 20.2. The molecule has 0 fully saturated rings. The smallest absolute Gasteiger partial charge is 0.241 e. The second-order valence-electron chi connectivity index (χ2n) is 8.41. The van der Waals surface area contributed by atoms with Crippen molar-refractivity contribution < 1.29 is 4.79 Å². The molecule has 3 heteroatoms. The summed E-state index contributed by atoms with van der Waals surface area (Å²) in [6, 6.07) is 20.7. The third kappa shape index (κ3) is 4.35. The number of carbonyl (C=O) groups excluding carboxylic acids is 1. The molecule has 1 aliphatic rings. The molecule has 0 radical (unpaired) electrons. The van der Waals surface area contributed by atoms with E-state index in [2.05, 4.69) is 83.2 Å². The van der Waals surface area contributed by atoms with Gasteiger partial charge in [0.15, 0.2) is 0 Å². The maximum absolute atomic E-state index is 13.9. The molecule has 0 aliphatic carbocycles. The number of hydrogen-bond donors (Lipinski definition) is 0. The first-order valence-electron chi connectivity index (χ1n) is 10.4. The molecule has 3 rings (SSSR count). The molecule has 2 aromatic rings. The van der Waals surface area contributed by atoms with Gasteiger partial charge in [-0.25, -0.2) is 0 Å². The van der Waals surface area contributed by atoms with Gasteiger partial charge in [0.05, 0.1) is 5.41 Å². The lowest BCUT2D eigenvalue weighted by atomic mass is 9.83. The van der Waals surface area contributed by atoms with E-state index >= 15 is 0 Å². The molecule has 1 amide bonds. The third-order valence-electron chi connectivity index (χ3n) is 5.31. The van der Waals surface area contributed by atoms with Crippen molar-refractivity contribution in [3.8, 4) is 0 Å². The summed E-state index contributed by atoms with van der Waals surface area (Å²) in [5.74, 6) is 1.13. The Hall–Kier alpha value is -2.26. The molecule has 1 heterocycles. The first-order valence-corrected chi connectivity index (χ1v) is 11.3. The highest BCUT2D eigenvalue weighted by Crippen LogP contribution is 2.47. The first-order chi connectivity index (χ1) is 13.8. The molecule has 1 unspecified atom stereocenters. The van der Waals surface area contributed by atoms with Crippen LogP contribution in [0.3, 0.4) is 0 Å². The SMILES string of the molecule is CCS/C(=C\C1(CC)C=C(c2ccccc2)N(C(C)(C)C)C1=O)c1ccccc1. The summed E-state index contributed by atoms with van der Waals surface area (Å²) in [5.41, 5.74) is 2.34. The third-order valence-corrected chi connectivity index (χ3v) is 6.26. The Morgan fingerprint density at radius 1 is 1.00 bits per heavy atom. The van der Waals surface area contributed by atoms with Crippen LogP contribution in [-0.2, 0) is 4.79 Å². The quantitative estimate of drug-likeness (QED) is 0.523. The summed E-state index contributed by atoms with van der Waals surface area (Å²) < 4.78 is 0. The van der Waals surface area contributed by atoms with Gasteiger partial charge in [0.1, 0.15) is 0 Å². The van der Waals surface area contributed by atoms with Gasteiger partial charge in [0.25, 0.3) is 0 Å². The van der Waals surface area contributed by atoms with E-state index in [0.29, 0.717) is 0 Å². The van der Waals surface area contributed by atoms with Crippen LogP contribution < -0.4 is 0 Å². The second kappa shape index (κ2) is 8.62. The van der Waals surface area contributed by atoms with E-state index in [0.717, 1.165) is 23.4 Å². The lowest BCUT2D eigenvalue weighted by Gasteiger charge is -2.36. The topological polar surface area (TPSA) is 20.3 Å². The van der Waals surface area contributed by atoms with Crippen LogP contribution in [-0.4, -0.2) is 22.1 Å². The van der Waals surface area contributed by atoms with Gasteiger partial charge in [-0.2, -0.15) is 0 Å². The number of amides is 1. The average Bonchev–Trinajstić information content (AvgIpc) is 3.02. The molecule has 0 N–H and O–H groups in total. The van der Waals surface area contributed by atoms with Gasteiger partial charge in [0, 0.05) is 16.1 Å². The Bertz CT molecular complexity index is 909. The van der Waals surface area contributed by atoms with Crippen LogP contribution in [0.2, 0.25) is 0 Å². The molecule has 0 bridgehead atoms. The number of hydrogen-bond acceptors (Lipinski definition) is 2. The van der Waals surface area contributed by atoms with Gasteiger partial charge in [0.2, 0.25) is 5.91 Å². The molecule has 2 nitrogen and oxygen atoms in total. The number of rotatable bonds is 6. The minimum absolute atomic E-state index is 0.163. The Kier molecular flexibility index (Phi) is 6.38. The van der Waals surface area contributed by atoms with E-state index in [-0.39, 0.29) is 11.4 Å². The zero-order chi connectivity index (χ0) is 21.1. The maximum Gasteiger partial charge on any atom is 0.241 e. The van der Waals surface area contributed by atoms with Crippen molar-refractivity contribution in [3.63, 3.8) is 0 Å².